The molecule has 0 spiro atoms. The number of benzene rings is 1. The molecule has 0 aliphatic rings. The zero-order valence-corrected chi connectivity index (χ0v) is 13.1. The Morgan fingerprint density at radius 3 is 2.79 bits per heavy atom. The van der Waals surface area contributed by atoms with Crippen LogP contribution >= 0.6 is 23.4 Å². The smallest absolute Gasteiger partial charge is 0.233 e. The molecule has 0 aromatic heterocycles. The molecule has 0 saturated heterocycles. The monoisotopic (exact) mass is 300 g/mol. The SMILES string of the molecule is CCCC(C)NC(=O)C(C)Sc1cc(N)ccc1Cl. The third-order valence-corrected chi connectivity index (χ3v) is 4.34. The van der Waals surface area contributed by atoms with Gasteiger partial charge in [-0.1, -0.05) is 24.9 Å². The molecular weight excluding hydrogens is 280 g/mol. The van der Waals surface area contributed by atoms with Crippen LogP contribution in [-0.2, 0) is 4.79 Å². The lowest BCUT2D eigenvalue weighted by Crippen LogP contribution is -2.37. The first-order chi connectivity index (χ1) is 8.93. The molecule has 2 atom stereocenters. The van der Waals surface area contributed by atoms with Gasteiger partial charge in [-0.05, 0) is 38.5 Å². The number of rotatable bonds is 6. The molecule has 0 aliphatic heterocycles. The minimum Gasteiger partial charge on any atom is -0.399 e. The minimum absolute atomic E-state index is 0.0319. The Kier molecular flexibility index (Phi) is 6.52. The number of hydrogen-bond donors (Lipinski definition) is 2. The third-order valence-electron chi connectivity index (χ3n) is 2.74. The van der Waals surface area contributed by atoms with E-state index in [0.29, 0.717) is 10.7 Å². The normalized spacial score (nSPS) is 13.9. The number of thioether (sulfide) groups is 1. The number of nitrogen functional groups attached to an aromatic ring is 1. The number of nitrogens with one attached hydrogen (secondary N) is 1. The predicted molar refractivity (Wildman–Crippen MR) is 83.7 cm³/mol. The van der Waals surface area contributed by atoms with E-state index in [1.165, 1.54) is 11.8 Å². The van der Waals surface area contributed by atoms with Crippen LogP contribution in [0.1, 0.15) is 33.6 Å². The first kappa shape index (κ1) is 16.2. The average molecular weight is 301 g/mol. The van der Waals surface area contributed by atoms with E-state index in [9.17, 15) is 4.79 Å². The summed E-state index contributed by atoms with van der Waals surface area (Å²) in [7, 11) is 0. The fraction of sp³-hybridized carbons (Fsp3) is 0.500. The lowest BCUT2D eigenvalue weighted by Gasteiger charge is -2.17. The molecule has 2 unspecified atom stereocenters. The average Bonchev–Trinajstić information content (AvgIpc) is 2.34. The van der Waals surface area contributed by atoms with Gasteiger partial charge in [0.2, 0.25) is 5.91 Å². The Morgan fingerprint density at radius 2 is 2.16 bits per heavy atom. The van der Waals surface area contributed by atoms with Gasteiger partial charge >= 0.3 is 0 Å². The van der Waals surface area contributed by atoms with Crippen molar-refractivity contribution in [1.29, 1.82) is 0 Å². The highest BCUT2D eigenvalue weighted by Gasteiger charge is 2.17. The van der Waals surface area contributed by atoms with Gasteiger partial charge in [0.05, 0.1) is 10.3 Å². The summed E-state index contributed by atoms with van der Waals surface area (Å²) in [5.41, 5.74) is 6.38. The van der Waals surface area contributed by atoms with Gasteiger partial charge in [0, 0.05) is 16.6 Å². The molecule has 19 heavy (non-hydrogen) atoms. The number of nitrogens with two attached hydrogens (primary N) is 1. The Hall–Kier alpha value is -0.870. The van der Waals surface area contributed by atoms with Crippen LogP contribution in [-0.4, -0.2) is 17.2 Å². The van der Waals surface area contributed by atoms with Crippen LogP contribution in [0.3, 0.4) is 0 Å². The molecule has 0 heterocycles. The maximum Gasteiger partial charge on any atom is 0.233 e. The van der Waals surface area contributed by atoms with Gasteiger partial charge in [0.1, 0.15) is 0 Å². The molecule has 3 nitrogen and oxygen atoms in total. The number of carbonyl (C=O) groups is 1. The quantitative estimate of drug-likeness (QED) is 0.622. The largest absolute Gasteiger partial charge is 0.399 e. The Labute approximate surface area is 124 Å². The summed E-state index contributed by atoms with van der Waals surface area (Å²) in [4.78, 5) is 12.9. The van der Waals surface area contributed by atoms with Crippen molar-refractivity contribution in [2.75, 3.05) is 5.73 Å². The maximum absolute atomic E-state index is 12.0. The zero-order chi connectivity index (χ0) is 14.4. The molecule has 1 rings (SSSR count). The molecule has 1 amide bonds. The van der Waals surface area contributed by atoms with Crippen molar-refractivity contribution in [2.24, 2.45) is 0 Å². The zero-order valence-electron chi connectivity index (χ0n) is 11.6. The summed E-state index contributed by atoms with van der Waals surface area (Å²) in [6.45, 7) is 6.00. The van der Waals surface area contributed by atoms with E-state index >= 15 is 0 Å². The van der Waals surface area contributed by atoms with Gasteiger partial charge < -0.3 is 11.1 Å². The summed E-state index contributed by atoms with van der Waals surface area (Å²) in [6, 6.07) is 5.51. The Morgan fingerprint density at radius 1 is 1.47 bits per heavy atom. The fourth-order valence-corrected chi connectivity index (χ4v) is 2.91. The van der Waals surface area contributed by atoms with Crippen molar-refractivity contribution in [3.8, 4) is 0 Å². The van der Waals surface area contributed by atoms with E-state index in [1.807, 2.05) is 13.8 Å². The third kappa shape index (κ3) is 5.33. The molecule has 0 saturated carbocycles. The van der Waals surface area contributed by atoms with Crippen molar-refractivity contribution in [1.82, 2.24) is 5.32 Å². The van der Waals surface area contributed by atoms with Crippen molar-refractivity contribution in [3.63, 3.8) is 0 Å². The van der Waals surface area contributed by atoms with E-state index in [0.717, 1.165) is 17.7 Å². The summed E-state index contributed by atoms with van der Waals surface area (Å²) in [5, 5.41) is 3.43. The van der Waals surface area contributed by atoms with E-state index in [-0.39, 0.29) is 17.2 Å². The van der Waals surface area contributed by atoms with E-state index < -0.39 is 0 Å². The Balaban J connectivity index is 2.61. The molecule has 0 radical (unpaired) electrons. The molecule has 1 aromatic carbocycles. The van der Waals surface area contributed by atoms with Crippen molar-refractivity contribution in [3.05, 3.63) is 23.2 Å². The van der Waals surface area contributed by atoms with Gasteiger partial charge in [-0.2, -0.15) is 0 Å². The Bertz CT molecular complexity index is 439. The van der Waals surface area contributed by atoms with Gasteiger partial charge in [0.25, 0.3) is 0 Å². The minimum atomic E-state index is -0.196. The lowest BCUT2D eigenvalue weighted by molar-refractivity contribution is -0.120. The number of carbonyl (C=O) groups excluding carboxylic acids is 1. The first-order valence-corrected chi connectivity index (χ1v) is 7.71. The molecule has 0 bridgehead atoms. The molecule has 0 fully saturated rings. The first-order valence-electron chi connectivity index (χ1n) is 6.46. The molecule has 0 aliphatic carbocycles. The van der Waals surface area contributed by atoms with Crippen LogP contribution in [0.15, 0.2) is 23.1 Å². The number of anilines is 1. The summed E-state index contributed by atoms with van der Waals surface area (Å²) >= 11 is 7.52. The van der Waals surface area contributed by atoms with Crippen molar-refractivity contribution in [2.45, 2.75) is 49.8 Å². The number of hydrogen-bond acceptors (Lipinski definition) is 3. The lowest BCUT2D eigenvalue weighted by atomic mass is 10.2. The van der Waals surface area contributed by atoms with Gasteiger partial charge in [-0.25, -0.2) is 0 Å². The van der Waals surface area contributed by atoms with E-state index in [2.05, 4.69) is 12.2 Å². The highest BCUT2D eigenvalue weighted by molar-refractivity contribution is 8.00. The second kappa shape index (κ2) is 7.65. The number of halogens is 1. The second-order valence-electron chi connectivity index (χ2n) is 4.65. The summed E-state index contributed by atoms with van der Waals surface area (Å²) in [6.07, 6.45) is 2.05. The maximum atomic E-state index is 12.0. The van der Waals surface area contributed by atoms with Crippen molar-refractivity contribution < 1.29 is 4.79 Å². The predicted octanol–water partition coefficient (Wildman–Crippen LogP) is 3.71. The summed E-state index contributed by atoms with van der Waals surface area (Å²) < 4.78 is 0. The molecule has 1 aromatic rings. The van der Waals surface area contributed by atoms with E-state index in [4.69, 9.17) is 17.3 Å². The topological polar surface area (TPSA) is 55.1 Å². The van der Waals surface area contributed by atoms with Crippen LogP contribution in [0.25, 0.3) is 0 Å². The molecular formula is C14H21ClN2OS. The summed E-state index contributed by atoms with van der Waals surface area (Å²) in [5.74, 6) is 0.0319. The van der Waals surface area contributed by atoms with Gasteiger partial charge in [0.15, 0.2) is 0 Å². The van der Waals surface area contributed by atoms with Gasteiger partial charge in [-0.3, -0.25) is 4.79 Å². The van der Waals surface area contributed by atoms with Crippen LogP contribution in [0.4, 0.5) is 5.69 Å². The highest BCUT2D eigenvalue weighted by atomic mass is 35.5. The van der Waals surface area contributed by atoms with E-state index in [1.54, 1.807) is 18.2 Å². The van der Waals surface area contributed by atoms with Crippen LogP contribution in [0.5, 0.6) is 0 Å². The highest BCUT2D eigenvalue weighted by Crippen LogP contribution is 2.32. The molecule has 5 heteroatoms. The second-order valence-corrected chi connectivity index (χ2v) is 6.44. The van der Waals surface area contributed by atoms with Gasteiger partial charge in [-0.15, -0.1) is 11.8 Å². The standard InChI is InChI=1S/C14H21ClN2OS/c1-4-5-9(2)17-14(18)10(3)19-13-8-11(16)6-7-12(13)15/h6-10H,4-5,16H2,1-3H3,(H,17,18). The van der Waals surface area contributed by atoms with Crippen molar-refractivity contribution >= 4 is 35.0 Å². The fourth-order valence-electron chi connectivity index (χ4n) is 1.72. The number of amides is 1. The van der Waals surface area contributed by atoms with Crippen LogP contribution in [0, 0.1) is 0 Å². The molecule has 3 N–H and O–H groups in total. The molecule has 106 valence electrons. The van der Waals surface area contributed by atoms with Crippen LogP contribution < -0.4 is 11.1 Å². The van der Waals surface area contributed by atoms with Crippen LogP contribution in [0.2, 0.25) is 5.02 Å².